The third kappa shape index (κ3) is 4.93. The van der Waals surface area contributed by atoms with E-state index in [1.165, 1.54) is 5.56 Å². The van der Waals surface area contributed by atoms with Gasteiger partial charge in [-0.3, -0.25) is 9.48 Å². The largest absolute Gasteiger partial charge is 0.359 e. The normalized spacial score (nSPS) is 10.4. The molecule has 0 bridgehead atoms. The fraction of sp³-hybridized carbons (Fsp3) is 0.636. The van der Waals surface area contributed by atoms with Gasteiger partial charge in [0, 0.05) is 26.7 Å². The van der Waals surface area contributed by atoms with Crippen molar-refractivity contribution in [3.05, 3.63) is 18.0 Å². The fourth-order valence-corrected chi connectivity index (χ4v) is 1.46. The van der Waals surface area contributed by atoms with E-state index >= 15 is 0 Å². The van der Waals surface area contributed by atoms with Gasteiger partial charge in [-0.15, -0.1) is 0 Å². The Morgan fingerprint density at radius 3 is 2.94 bits per heavy atom. The molecule has 0 aliphatic carbocycles. The van der Waals surface area contributed by atoms with Crippen LogP contribution < -0.4 is 10.6 Å². The van der Waals surface area contributed by atoms with E-state index in [4.69, 9.17) is 0 Å². The highest BCUT2D eigenvalue weighted by Gasteiger charge is 1.98. The summed E-state index contributed by atoms with van der Waals surface area (Å²) >= 11 is 0. The lowest BCUT2D eigenvalue weighted by atomic mass is 10.2. The maximum absolute atomic E-state index is 10.9. The average molecular weight is 224 g/mol. The molecule has 1 amide bonds. The fourth-order valence-electron chi connectivity index (χ4n) is 1.46. The summed E-state index contributed by atoms with van der Waals surface area (Å²) < 4.78 is 1.81. The van der Waals surface area contributed by atoms with E-state index in [0.29, 0.717) is 6.42 Å². The van der Waals surface area contributed by atoms with Crippen LogP contribution in [0.25, 0.3) is 0 Å². The van der Waals surface area contributed by atoms with Crippen molar-refractivity contribution in [1.29, 1.82) is 0 Å². The van der Waals surface area contributed by atoms with Gasteiger partial charge in [-0.25, -0.2) is 0 Å². The molecule has 0 saturated heterocycles. The zero-order valence-electron chi connectivity index (χ0n) is 9.99. The molecular weight excluding hydrogens is 204 g/mol. The molecule has 1 aromatic heterocycles. The second-order valence-electron chi connectivity index (χ2n) is 3.80. The van der Waals surface area contributed by atoms with Gasteiger partial charge >= 0.3 is 0 Å². The van der Waals surface area contributed by atoms with Crippen LogP contribution in [-0.2, 0) is 18.3 Å². The molecule has 0 aromatic carbocycles. The first-order valence-electron chi connectivity index (χ1n) is 5.61. The Morgan fingerprint density at radius 2 is 2.31 bits per heavy atom. The summed E-state index contributed by atoms with van der Waals surface area (Å²) in [5.41, 5.74) is 1.24. The summed E-state index contributed by atoms with van der Waals surface area (Å²) in [5.74, 6) is 0.106. The van der Waals surface area contributed by atoms with Crippen molar-refractivity contribution in [3.8, 4) is 0 Å². The first kappa shape index (κ1) is 12.7. The van der Waals surface area contributed by atoms with Crippen molar-refractivity contribution in [3.63, 3.8) is 0 Å². The molecule has 0 unspecified atom stereocenters. The Morgan fingerprint density at radius 1 is 1.50 bits per heavy atom. The number of carbonyl (C=O) groups excluding carboxylic acids is 1. The van der Waals surface area contributed by atoms with Crippen LogP contribution in [0, 0.1) is 0 Å². The molecule has 2 N–H and O–H groups in total. The predicted octanol–water partition coefficient (Wildman–Crippen LogP) is 0.0784. The molecule has 1 aromatic rings. The third-order valence-electron chi connectivity index (χ3n) is 2.39. The number of hydrogen-bond donors (Lipinski definition) is 2. The Labute approximate surface area is 96.2 Å². The van der Waals surface area contributed by atoms with Crippen LogP contribution >= 0.6 is 0 Å². The van der Waals surface area contributed by atoms with Crippen LogP contribution in [-0.4, -0.2) is 35.8 Å². The van der Waals surface area contributed by atoms with E-state index in [-0.39, 0.29) is 5.91 Å². The minimum absolute atomic E-state index is 0.106. The molecule has 0 saturated carbocycles. The number of carbonyl (C=O) groups is 1. The van der Waals surface area contributed by atoms with Gasteiger partial charge in [0.1, 0.15) is 0 Å². The van der Waals surface area contributed by atoms with Crippen LogP contribution in [0.1, 0.15) is 18.4 Å². The summed E-state index contributed by atoms with van der Waals surface area (Å²) in [5, 5.41) is 10.0. The number of aryl methyl sites for hydroxylation is 1. The van der Waals surface area contributed by atoms with Crippen molar-refractivity contribution < 1.29 is 4.79 Å². The van der Waals surface area contributed by atoms with Gasteiger partial charge in [0.05, 0.1) is 6.20 Å². The average Bonchev–Trinajstić information content (AvgIpc) is 2.69. The van der Waals surface area contributed by atoms with E-state index in [9.17, 15) is 4.79 Å². The van der Waals surface area contributed by atoms with Crippen molar-refractivity contribution in [1.82, 2.24) is 20.4 Å². The van der Waals surface area contributed by atoms with Crippen LogP contribution in [0.4, 0.5) is 0 Å². The standard InChI is InChI=1S/C11H20N4O/c1-12-11(16)4-3-6-13-7-5-10-8-14-15(2)9-10/h8-9,13H,3-7H2,1-2H3,(H,12,16). The highest BCUT2D eigenvalue weighted by molar-refractivity contribution is 5.75. The second kappa shape index (κ2) is 7.00. The minimum atomic E-state index is 0.106. The molecule has 0 atom stereocenters. The molecule has 5 heteroatoms. The number of nitrogens with zero attached hydrogens (tertiary/aromatic N) is 2. The Balaban J connectivity index is 1.98. The first-order chi connectivity index (χ1) is 7.72. The first-order valence-corrected chi connectivity index (χ1v) is 5.61. The third-order valence-corrected chi connectivity index (χ3v) is 2.39. The van der Waals surface area contributed by atoms with Gasteiger partial charge in [-0.1, -0.05) is 0 Å². The number of rotatable bonds is 7. The molecule has 0 aliphatic heterocycles. The van der Waals surface area contributed by atoms with Gasteiger partial charge in [-0.05, 0) is 31.5 Å². The Kier molecular flexibility index (Phi) is 5.56. The maximum atomic E-state index is 10.9. The van der Waals surface area contributed by atoms with Gasteiger partial charge in [0.25, 0.3) is 0 Å². The summed E-state index contributed by atoms with van der Waals surface area (Å²) in [6.07, 6.45) is 6.36. The number of amides is 1. The quantitative estimate of drug-likeness (QED) is 0.645. The SMILES string of the molecule is CNC(=O)CCCNCCc1cnn(C)c1. The molecule has 1 rings (SSSR count). The molecule has 5 nitrogen and oxygen atoms in total. The summed E-state index contributed by atoms with van der Waals surface area (Å²) in [4.78, 5) is 10.9. The molecule has 90 valence electrons. The van der Waals surface area contributed by atoms with Crippen LogP contribution in [0.2, 0.25) is 0 Å². The molecule has 0 radical (unpaired) electrons. The van der Waals surface area contributed by atoms with E-state index in [2.05, 4.69) is 15.7 Å². The molecule has 0 aliphatic rings. The van der Waals surface area contributed by atoms with Crippen molar-refractivity contribution in [2.45, 2.75) is 19.3 Å². The van der Waals surface area contributed by atoms with E-state index in [1.54, 1.807) is 11.7 Å². The summed E-state index contributed by atoms with van der Waals surface area (Å²) in [6.45, 7) is 1.81. The van der Waals surface area contributed by atoms with Crippen molar-refractivity contribution in [2.24, 2.45) is 7.05 Å². The monoisotopic (exact) mass is 224 g/mol. The van der Waals surface area contributed by atoms with Crippen molar-refractivity contribution >= 4 is 5.91 Å². The highest BCUT2D eigenvalue weighted by atomic mass is 16.1. The topological polar surface area (TPSA) is 59.0 Å². The lowest BCUT2D eigenvalue weighted by Gasteiger charge is -2.03. The van der Waals surface area contributed by atoms with Crippen LogP contribution in [0.3, 0.4) is 0 Å². The highest BCUT2D eigenvalue weighted by Crippen LogP contribution is 1.96. The number of hydrogen-bond acceptors (Lipinski definition) is 3. The second-order valence-corrected chi connectivity index (χ2v) is 3.80. The molecule has 1 heterocycles. The molecule has 16 heavy (non-hydrogen) atoms. The number of aromatic nitrogens is 2. The molecule has 0 fully saturated rings. The zero-order chi connectivity index (χ0) is 11.8. The number of nitrogens with one attached hydrogen (secondary N) is 2. The molecule has 0 spiro atoms. The Hall–Kier alpha value is -1.36. The smallest absolute Gasteiger partial charge is 0.219 e. The van der Waals surface area contributed by atoms with Gasteiger partial charge < -0.3 is 10.6 Å². The van der Waals surface area contributed by atoms with Crippen LogP contribution in [0.15, 0.2) is 12.4 Å². The van der Waals surface area contributed by atoms with E-state index in [0.717, 1.165) is 25.9 Å². The van der Waals surface area contributed by atoms with E-state index in [1.807, 2.05) is 19.4 Å². The predicted molar refractivity (Wildman–Crippen MR) is 63.1 cm³/mol. The minimum Gasteiger partial charge on any atom is -0.359 e. The van der Waals surface area contributed by atoms with Gasteiger partial charge in [-0.2, -0.15) is 5.10 Å². The zero-order valence-corrected chi connectivity index (χ0v) is 9.99. The van der Waals surface area contributed by atoms with Gasteiger partial charge in [0.15, 0.2) is 0 Å². The van der Waals surface area contributed by atoms with Crippen LogP contribution in [0.5, 0.6) is 0 Å². The Bertz CT molecular complexity index is 322. The summed E-state index contributed by atoms with van der Waals surface area (Å²) in [7, 11) is 3.58. The van der Waals surface area contributed by atoms with Crippen molar-refractivity contribution in [2.75, 3.05) is 20.1 Å². The van der Waals surface area contributed by atoms with Gasteiger partial charge in [0.2, 0.25) is 5.91 Å². The lowest BCUT2D eigenvalue weighted by molar-refractivity contribution is -0.120. The molecular formula is C11H20N4O. The lowest BCUT2D eigenvalue weighted by Crippen LogP contribution is -2.22. The maximum Gasteiger partial charge on any atom is 0.219 e. The van der Waals surface area contributed by atoms with E-state index < -0.39 is 0 Å². The summed E-state index contributed by atoms with van der Waals surface area (Å²) in [6, 6.07) is 0.